The minimum Gasteiger partial charge on any atom is -0.482 e. The van der Waals surface area contributed by atoms with Crippen molar-refractivity contribution in [2.75, 3.05) is 17.2 Å². The van der Waals surface area contributed by atoms with Crippen LogP contribution >= 0.6 is 11.6 Å². The normalized spacial score (nSPS) is 12.5. The number of benzene rings is 1. The van der Waals surface area contributed by atoms with E-state index in [0.717, 1.165) is 5.56 Å². The van der Waals surface area contributed by atoms with Gasteiger partial charge < -0.3 is 20.7 Å². The Labute approximate surface area is 163 Å². The van der Waals surface area contributed by atoms with Crippen LogP contribution in [-0.2, 0) is 11.3 Å². The van der Waals surface area contributed by atoms with Crippen LogP contribution in [0.4, 0.5) is 16.2 Å². The lowest BCUT2D eigenvalue weighted by atomic mass is 10.2. The van der Waals surface area contributed by atoms with E-state index in [4.69, 9.17) is 16.3 Å². The van der Waals surface area contributed by atoms with Crippen LogP contribution in [0.25, 0.3) is 5.82 Å². The van der Waals surface area contributed by atoms with E-state index in [0.29, 0.717) is 22.9 Å². The van der Waals surface area contributed by atoms with E-state index in [9.17, 15) is 9.59 Å². The molecule has 1 aromatic carbocycles. The average molecular weight is 400 g/mol. The molecule has 0 fully saturated rings. The first-order valence-electron chi connectivity index (χ1n) is 8.20. The number of nitrogens with one attached hydrogen (secondary N) is 3. The molecule has 0 bridgehead atoms. The molecule has 0 saturated heterocycles. The minimum absolute atomic E-state index is 0.0909. The Bertz CT molecular complexity index is 1040. The van der Waals surface area contributed by atoms with E-state index in [-0.39, 0.29) is 24.1 Å². The summed E-state index contributed by atoms with van der Waals surface area (Å²) in [5.74, 6) is 0.734. The smallest absolute Gasteiger partial charge is 0.319 e. The van der Waals surface area contributed by atoms with Crippen molar-refractivity contribution in [1.82, 2.24) is 25.1 Å². The van der Waals surface area contributed by atoms with Crippen molar-refractivity contribution in [2.45, 2.75) is 6.54 Å². The summed E-state index contributed by atoms with van der Waals surface area (Å²) in [5, 5.41) is 12.4. The van der Waals surface area contributed by atoms with Crippen molar-refractivity contribution in [1.29, 1.82) is 0 Å². The highest BCUT2D eigenvalue weighted by atomic mass is 35.5. The van der Waals surface area contributed by atoms with Crippen molar-refractivity contribution in [3.8, 4) is 11.6 Å². The zero-order chi connectivity index (χ0) is 19.5. The molecule has 1 aliphatic rings. The van der Waals surface area contributed by atoms with Gasteiger partial charge in [0.2, 0.25) is 0 Å². The molecule has 4 rings (SSSR count). The molecule has 0 saturated carbocycles. The molecule has 0 atom stereocenters. The maximum absolute atomic E-state index is 12.3. The molecule has 3 heterocycles. The summed E-state index contributed by atoms with van der Waals surface area (Å²) < 4.78 is 6.85. The van der Waals surface area contributed by atoms with Crippen LogP contribution in [0.5, 0.6) is 5.75 Å². The number of carbonyl (C=O) groups excluding carboxylic acids is 2. The van der Waals surface area contributed by atoms with Gasteiger partial charge >= 0.3 is 6.03 Å². The molecular formula is C17H14ClN7O3. The Kier molecular flexibility index (Phi) is 4.77. The van der Waals surface area contributed by atoms with E-state index < -0.39 is 6.03 Å². The topological polar surface area (TPSA) is 123 Å². The largest absolute Gasteiger partial charge is 0.482 e. The first-order valence-corrected chi connectivity index (χ1v) is 8.58. The Morgan fingerprint density at radius 3 is 3.11 bits per heavy atom. The number of anilines is 2. The molecule has 142 valence electrons. The highest BCUT2D eigenvalue weighted by Gasteiger charge is 2.19. The number of halogens is 1. The first-order chi connectivity index (χ1) is 13.6. The molecule has 28 heavy (non-hydrogen) atoms. The number of fused-ring (bicyclic) bond motifs is 1. The molecule has 0 aliphatic carbocycles. The molecule has 10 nitrogen and oxygen atoms in total. The van der Waals surface area contributed by atoms with Gasteiger partial charge in [-0.15, -0.1) is 0 Å². The van der Waals surface area contributed by atoms with Crippen molar-refractivity contribution in [3.63, 3.8) is 0 Å². The van der Waals surface area contributed by atoms with E-state index in [1.54, 1.807) is 18.3 Å². The van der Waals surface area contributed by atoms with Crippen LogP contribution in [0.3, 0.4) is 0 Å². The summed E-state index contributed by atoms with van der Waals surface area (Å²) in [4.78, 5) is 31.8. The Balaban J connectivity index is 1.44. The number of nitrogens with zero attached hydrogens (tertiary/aromatic N) is 4. The quantitative estimate of drug-likeness (QED) is 0.616. The molecule has 0 spiro atoms. The maximum Gasteiger partial charge on any atom is 0.319 e. The second-order valence-corrected chi connectivity index (χ2v) is 6.21. The third-order valence-corrected chi connectivity index (χ3v) is 4.21. The standard InChI is InChI=1S/C17H14ClN7O3/c18-11-4-13-14(28-7-15(26)23-13)5-12(11)24-17(27)21-6-10-2-1-3-20-16(10)25-9-19-8-22-25/h1-5,8-9H,6-7H2,(H,23,26)(H2,21,24,27). The zero-order valence-corrected chi connectivity index (χ0v) is 15.1. The van der Waals surface area contributed by atoms with E-state index in [1.807, 2.05) is 6.07 Å². The molecule has 11 heteroatoms. The summed E-state index contributed by atoms with van der Waals surface area (Å²) in [5.41, 5.74) is 1.57. The average Bonchev–Trinajstić information content (AvgIpc) is 3.22. The van der Waals surface area contributed by atoms with E-state index in [2.05, 4.69) is 31.0 Å². The van der Waals surface area contributed by atoms with Gasteiger partial charge in [-0.05, 0) is 12.1 Å². The summed E-state index contributed by atoms with van der Waals surface area (Å²) >= 11 is 6.19. The number of pyridine rings is 1. The zero-order valence-electron chi connectivity index (χ0n) is 14.3. The lowest BCUT2D eigenvalue weighted by molar-refractivity contribution is -0.118. The predicted molar refractivity (Wildman–Crippen MR) is 101 cm³/mol. The predicted octanol–water partition coefficient (Wildman–Crippen LogP) is 1.97. The second-order valence-electron chi connectivity index (χ2n) is 5.80. The lowest BCUT2D eigenvalue weighted by Gasteiger charge is -2.19. The van der Waals surface area contributed by atoms with Crippen LogP contribution in [-0.4, -0.2) is 38.3 Å². The second kappa shape index (κ2) is 7.53. The van der Waals surface area contributed by atoms with Crippen molar-refractivity contribution < 1.29 is 14.3 Å². The Morgan fingerprint density at radius 2 is 2.29 bits per heavy atom. The summed E-state index contributed by atoms with van der Waals surface area (Å²) in [6, 6.07) is 6.21. The molecule has 3 N–H and O–H groups in total. The van der Waals surface area contributed by atoms with Crippen LogP contribution in [0, 0.1) is 0 Å². The number of amides is 3. The van der Waals surface area contributed by atoms with Crippen LogP contribution in [0.15, 0.2) is 43.1 Å². The van der Waals surface area contributed by atoms with Gasteiger partial charge in [0.1, 0.15) is 18.4 Å². The molecular weight excluding hydrogens is 386 g/mol. The fourth-order valence-corrected chi connectivity index (χ4v) is 2.84. The number of urea groups is 1. The maximum atomic E-state index is 12.3. The first kappa shape index (κ1) is 17.7. The Morgan fingerprint density at radius 1 is 1.39 bits per heavy atom. The van der Waals surface area contributed by atoms with Crippen LogP contribution in [0.2, 0.25) is 5.02 Å². The van der Waals surface area contributed by atoms with Crippen molar-refractivity contribution in [3.05, 3.63) is 53.7 Å². The number of hydrogen-bond acceptors (Lipinski definition) is 6. The molecule has 0 unspecified atom stereocenters. The van der Waals surface area contributed by atoms with Crippen molar-refractivity contribution in [2.24, 2.45) is 0 Å². The summed E-state index contributed by atoms with van der Waals surface area (Å²) in [6.07, 6.45) is 4.56. The number of hydrogen-bond donors (Lipinski definition) is 3. The third-order valence-electron chi connectivity index (χ3n) is 3.89. The van der Waals surface area contributed by atoms with Gasteiger partial charge in [-0.2, -0.15) is 5.10 Å². The number of carbonyl (C=O) groups is 2. The monoisotopic (exact) mass is 399 g/mol. The lowest BCUT2D eigenvalue weighted by Crippen LogP contribution is -2.29. The van der Waals surface area contributed by atoms with E-state index in [1.165, 1.54) is 23.4 Å². The summed E-state index contributed by atoms with van der Waals surface area (Å²) in [6.45, 7) is 0.121. The van der Waals surface area contributed by atoms with Gasteiger partial charge in [-0.3, -0.25) is 4.79 Å². The number of ether oxygens (including phenoxy) is 1. The van der Waals surface area contributed by atoms with Gasteiger partial charge in [0, 0.05) is 24.4 Å². The molecule has 3 aromatic rings. The summed E-state index contributed by atoms with van der Waals surface area (Å²) in [7, 11) is 0. The molecule has 2 aromatic heterocycles. The molecule has 3 amide bonds. The third kappa shape index (κ3) is 3.71. The number of aromatic nitrogens is 4. The SMILES string of the molecule is O=C1COc2cc(NC(=O)NCc3cccnc3-n3cncn3)c(Cl)cc2N1. The molecule has 1 aliphatic heterocycles. The van der Waals surface area contributed by atoms with Crippen molar-refractivity contribution >= 4 is 34.9 Å². The van der Waals surface area contributed by atoms with Gasteiger partial charge in [-0.25, -0.2) is 19.4 Å². The highest BCUT2D eigenvalue weighted by Crippen LogP contribution is 2.36. The fraction of sp³-hybridized carbons (Fsp3) is 0.118. The molecule has 0 radical (unpaired) electrons. The van der Waals surface area contributed by atoms with Gasteiger partial charge in [0.05, 0.1) is 16.4 Å². The van der Waals surface area contributed by atoms with Gasteiger partial charge in [0.25, 0.3) is 5.91 Å². The van der Waals surface area contributed by atoms with Crippen LogP contribution in [0.1, 0.15) is 5.56 Å². The van der Waals surface area contributed by atoms with Gasteiger partial charge in [0.15, 0.2) is 12.4 Å². The highest BCUT2D eigenvalue weighted by molar-refractivity contribution is 6.34. The van der Waals surface area contributed by atoms with Gasteiger partial charge in [-0.1, -0.05) is 17.7 Å². The van der Waals surface area contributed by atoms with Crippen LogP contribution < -0.4 is 20.7 Å². The fourth-order valence-electron chi connectivity index (χ4n) is 2.63. The number of rotatable bonds is 4. The Hall–Kier alpha value is -3.66. The minimum atomic E-state index is -0.463. The van der Waals surface area contributed by atoms with E-state index >= 15 is 0 Å².